The highest BCUT2D eigenvalue weighted by molar-refractivity contribution is 5.93. The normalized spacial score (nSPS) is 17.3. The minimum absolute atomic E-state index is 0.150. The van der Waals surface area contributed by atoms with Crippen LogP contribution >= 0.6 is 0 Å². The molecule has 0 radical (unpaired) electrons. The number of hydrogen-bond acceptors (Lipinski definition) is 4. The van der Waals surface area contributed by atoms with Crippen LogP contribution in [0, 0.1) is 0 Å². The first-order valence-electron chi connectivity index (χ1n) is 10.4. The molecule has 5 nitrogen and oxygen atoms in total. The number of hydrogen-bond donors (Lipinski definition) is 0. The lowest BCUT2D eigenvalue weighted by atomic mass is 9.90. The number of pyridine rings is 1. The highest BCUT2D eigenvalue weighted by Crippen LogP contribution is 2.37. The molecule has 1 atom stereocenters. The van der Waals surface area contributed by atoms with Gasteiger partial charge in [-0.15, -0.1) is 0 Å². The van der Waals surface area contributed by atoms with Crippen LogP contribution in [0.1, 0.15) is 63.4 Å². The number of nitrogens with zero attached hydrogens (tertiary/aromatic N) is 2. The van der Waals surface area contributed by atoms with Gasteiger partial charge in [-0.2, -0.15) is 0 Å². The lowest BCUT2D eigenvalue weighted by molar-refractivity contribution is -0.119. The molecule has 2 aliphatic rings. The van der Waals surface area contributed by atoms with Crippen molar-refractivity contribution in [3.63, 3.8) is 0 Å². The molecule has 0 N–H and O–H groups in total. The van der Waals surface area contributed by atoms with Crippen molar-refractivity contribution in [1.29, 1.82) is 0 Å². The molecule has 0 spiro atoms. The van der Waals surface area contributed by atoms with Gasteiger partial charge in [-0.25, -0.2) is 4.98 Å². The quantitative estimate of drug-likeness (QED) is 0.703. The Morgan fingerprint density at radius 2 is 1.96 bits per heavy atom. The van der Waals surface area contributed by atoms with Crippen LogP contribution in [0.5, 0.6) is 11.5 Å². The van der Waals surface area contributed by atoms with E-state index >= 15 is 0 Å². The third-order valence-corrected chi connectivity index (χ3v) is 5.89. The standard InChI is InChI=1S/C23H28N2O3/c1-2-17(18-11-12-20-21(14-18)28-16-27-20)15-23(26)25(19-8-4-3-5-9-19)22-10-6-7-13-24-22/h6-7,10-14,17,19H,2-5,8-9,15-16H2,1H3. The van der Waals surface area contributed by atoms with Crippen molar-refractivity contribution in [3.8, 4) is 11.5 Å². The van der Waals surface area contributed by atoms with E-state index in [9.17, 15) is 4.79 Å². The maximum atomic E-state index is 13.4. The van der Waals surface area contributed by atoms with Gasteiger partial charge in [0.05, 0.1) is 0 Å². The van der Waals surface area contributed by atoms with E-state index in [1.54, 1.807) is 6.20 Å². The van der Waals surface area contributed by atoms with Crippen molar-refractivity contribution in [2.75, 3.05) is 11.7 Å². The molecule has 1 saturated carbocycles. The fourth-order valence-electron chi connectivity index (χ4n) is 4.33. The second-order valence-corrected chi connectivity index (χ2v) is 7.67. The number of carbonyl (C=O) groups is 1. The van der Waals surface area contributed by atoms with Crippen LogP contribution in [-0.4, -0.2) is 23.7 Å². The summed E-state index contributed by atoms with van der Waals surface area (Å²) >= 11 is 0. The zero-order valence-corrected chi connectivity index (χ0v) is 16.5. The Hall–Kier alpha value is -2.56. The zero-order valence-electron chi connectivity index (χ0n) is 16.5. The maximum absolute atomic E-state index is 13.4. The summed E-state index contributed by atoms with van der Waals surface area (Å²) in [5, 5.41) is 0. The van der Waals surface area contributed by atoms with E-state index in [1.807, 2.05) is 35.2 Å². The van der Waals surface area contributed by atoms with Gasteiger partial charge in [0.25, 0.3) is 0 Å². The van der Waals surface area contributed by atoms with E-state index in [1.165, 1.54) is 19.3 Å². The number of fused-ring (bicyclic) bond motifs is 1. The number of carbonyl (C=O) groups excluding carboxylic acids is 1. The predicted octanol–water partition coefficient (Wildman–Crippen LogP) is 5.06. The molecule has 148 valence electrons. The number of rotatable bonds is 6. The summed E-state index contributed by atoms with van der Waals surface area (Å²) in [5.74, 6) is 2.64. The number of anilines is 1. The monoisotopic (exact) mass is 380 g/mol. The first kappa shape index (κ1) is 18.8. The molecule has 1 aliphatic carbocycles. The van der Waals surface area contributed by atoms with Gasteiger partial charge in [-0.3, -0.25) is 9.69 Å². The highest BCUT2D eigenvalue weighted by Gasteiger charge is 2.29. The predicted molar refractivity (Wildman–Crippen MR) is 109 cm³/mol. The van der Waals surface area contributed by atoms with Crippen LogP contribution in [-0.2, 0) is 4.79 Å². The van der Waals surface area contributed by atoms with Crippen molar-refractivity contribution >= 4 is 11.7 Å². The van der Waals surface area contributed by atoms with Gasteiger partial charge in [-0.05, 0) is 55.0 Å². The summed E-state index contributed by atoms with van der Waals surface area (Å²) in [6.07, 6.45) is 8.88. The Balaban J connectivity index is 1.55. The summed E-state index contributed by atoms with van der Waals surface area (Å²) in [6.45, 7) is 2.40. The van der Waals surface area contributed by atoms with Crippen LogP contribution in [0.25, 0.3) is 0 Å². The molecule has 1 aromatic heterocycles. The lowest BCUT2D eigenvalue weighted by Crippen LogP contribution is -2.42. The summed E-state index contributed by atoms with van der Waals surface area (Å²) in [4.78, 5) is 19.9. The van der Waals surface area contributed by atoms with Gasteiger partial charge >= 0.3 is 0 Å². The minimum atomic E-state index is 0.150. The molecule has 1 unspecified atom stereocenters. The SMILES string of the molecule is CCC(CC(=O)N(c1ccccn1)C1CCCCC1)c1ccc2c(c1)OCO2. The van der Waals surface area contributed by atoms with Crippen LogP contribution in [0.15, 0.2) is 42.6 Å². The number of benzene rings is 1. The van der Waals surface area contributed by atoms with E-state index in [2.05, 4.69) is 18.0 Å². The van der Waals surface area contributed by atoms with Gasteiger partial charge in [-0.1, -0.05) is 38.3 Å². The van der Waals surface area contributed by atoms with E-state index in [0.717, 1.165) is 42.1 Å². The van der Waals surface area contributed by atoms with Crippen molar-refractivity contribution in [2.45, 2.75) is 63.8 Å². The summed E-state index contributed by atoms with van der Waals surface area (Å²) in [7, 11) is 0. The van der Waals surface area contributed by atoms with Crippen LogP contribution < -0.4 is 14.4 Å². The Bertz CT molecular complexity index is 803. The zero-order chi connectivity index (χ0) is 19.3. The van der Waals surface area contributed by atoms with Crippen LogP contribution in [0.4, 0.5) is 5.82 Å². The molecular formula is C23H28N2O3. The van der Waals surface area contributed by atoms with Crippen molar-refractivity contribution < 1.29 is 14.3 Å². The average Bonchev–Trinajstić information content (AvgIpc) is 3.21. The van der Waals surface area contributed by atoms with Crippen molar-refractivity contribution in [1.82, 2.24) is 4.98 Å². The molecule has 28 heavy (non-hydrogen) atoms. The maximum Gasteiger partial charge on any atom is 0.231 e. The molecule has 1 fully saturated rings. The molecule has 1 aromatic carbocycles. The number of ether oxygens (including phenoxy) is 2. The first-order valence-corrected chi connectivity index (χ1v) is 10.4. The van der Waals surface area contributed by atoms with E-state index in [-0.39, 0.29) is 24.7 Å². The van der Waals surface area contributed by atoms with Gasteiger partial charge in [0.1, 0.15) is 5.82 Å². The molecule has 0 bridgehead atoms. The molecule has 0 saturated heterocycles. The molecule has 4 rings (SSSR count). The number of amides is 1. The van der Waals surface area contributed by atoms with Gasteiger partial charge < -0.3 is 9.47 Å². The molecule has 2 heterocycles. The summed E-state index contributed by atoms with van der Waals surface area (Å²) < 4.78 is 10.9. The molecule has 1 aliphatic heterocycles. The third-order valence-electron chi connectivity index (χ3n) is 5.89. The molecule has 1 amide bonds. The largest absolute Gasteiger partial charge is 0.454 e. The Morgan fingerprint density at radius 1 is 1.14 bits per heavy atom. The molecular weight excluding hydrogens is 352 g/mol. The average molecular weight is 380 g/mol. The molecule has 5 heteroatoms. The second kappa shape index (κ2) is 8.63. The van der Waals surface area contributed by atoms with Gasteiger partial charge in [0.2, 0.25) is 12.7 Å². The lowest BCUT2D eigenvalue weighted by Gasteiger charge is -2.34. The fourth-order valence-corrected chi connectivity index (χ4v) is 4.33. The summed E-state index contributed by atoms with van der Waals surface area (Å²) in [5.41, 5.74) is 1.13. The second-order valence-electron chi connectivity index (χ2n) is 7.67. The van der Waals surface area contributed by atoms with E-state index < -0.39 is 0 Å². The van der Waals surface area contributed by atoms with Crippen molar-refractivity contribution in [2.24, 2.45) is 0 Å². The molecule has 2 aromatic rings. The number of aromatic nitrogens is 1. The van der Waals surface area contributed by atoms with Crippen LogP contribution in [0.2, 0.25) is 0 Å². The topological polar surface area (TPSA) is 51.7 Å². The minimum Gasteiger partial charge on any atom is -0.454 e. The third kappa shape index (κ3) is 3.98. The smallest absolute Gasteiger partial charge is 0.231 e. The van der Waals surface area contributed by atoms with E-state index in [4.69, 9.17) is 9.47 Å². The van der Waals surface area contributed by atoms with Gasteiger partial charge in [0.15, 0.2) is 11.5 Å². The summed E-state index contributed by atoms with van der Waals surface area (Å²) in [6, 6.07) is 12.1. The Labute approximate surface area is 166 Å². The highest BCUT2D eigenvalue weighted by atomic mass is 16.7. The van der Waals surface area contributed by atoms with Crippen molar-refractivity contribution in [3.05, 3.63) is 48.2 Å². The fraction of sp³-hybridized carbons (Fsp3) is 0.478. The Morgan fingerprint density at radius 3 is 2.71 bits per heavy atom. The van der Waals surface area contributed by atoms with Crippen LogP contribution in [0.3, 0.4) is 0 Å². The van der Waals surface area contributed by atoms with Gasteiger partial charge in [0, 0.05) is 18.7 Å². The van der Waals surface area contributed by atoms with E-state index in [0.29, 0.717) is 6.42 Å². The Kier molecular flexibility index (Phi) is 5.79. The first-order chi connectivity index (χ1) is 13.8.